The zero-order chi connectivity index (χ0) is 17.5. The van der Waals surface area contributed by atoms with Crippen molar-refractivity contribution in [3.05, 3.63) is 95.5 Å². The van der Waals surface area contributed by atoms with Gasteiger partial charge < -0.3 is 0 Å². The number of benzene rings is 4. The van der Waals surface area contributed by atoms with Crippen molar-refractivity contribution in [2.75, 3.05) is 0 Å². The van der Waals surface area contributed by atoms with Gasteiger partial charge in [-0.25, -0.2) is 0 Å². The van der Waals surface area contributed by atoms with Crippen molar-refractivity contribution < 1.29 is 0 Å². The molecule has 1 heterocycles. The van der Waals surface area contributed by atoms with E-state index in [1.807, 2.05) is 11.3 Å². The summed E-state index contributed by atoms with van der Waals surface area (Å²) in [6.45, 7) is 0. The van der Waals surface area contributed by atoms with E-state index in [1.54, 1.807) is 0 Å². The SMILES string of the molecule is Brc1ccccc1-c1ccccc1-c1cccc2c1sc1ccccc12. The fourth-order valence-electron chi connectivity index (χ4n) is 3.59. The Morgan fingerprint density at radius 3 is 1.88 bits per heavy atom. The lowest BCUT2D eigenvalue weighted by atomic mass is 9.94. The van der Waals surface area contributed by atoms with Crippen molar-refractivity contribution in [1.82, 2.24) is 0 Å². The minimum Gasteiger partial charge on any atom is -0.135 e. The lowest BCUT2D eigenvalue weighted by Crippen LogP contribution is -1.86. The van der Waals surface area contributed by atoms with Gasteiger partial charge in [0.05, 0.1) is 0 Å². The summed E-state index contributed by atoms with van der Waals surface area (Å²) in [5.74, 6) is 0. The molecule has 0 saturated carbocycles. The number of fused-ring (bicyclic) bond motifs is 3. The van der Waals surface area contributed by atoms with E-state index in [0.29, 0.717) is 0 Å². The number of halogens is 1. The van der Waals surface area contributed by atoms with E-state index in [1.165, 1.54) is 42.4 Å². The Hall–Kier alpha value is -2.42. The van der Waals surface area contributed by atoms with E-state index in [0.717, 1.165) is 4.47 Å². The van der Waals surface area contributed by atoms with Crippen LogP contribution in [0.2, 0.25) is 0 Å². The maximum Gasteiger partial charge on any atom is 0.0434 e. The molecule has 0 aliphatic heterocycles. The van der Waals surface area contributed by atoms with E-state index >= 15 is 0 Å². The molecule has 4 aromatic carbocycles. The van der Waals surface area contributed by atoms with Crippen molar-refractivity contribution in [3.63, 3.8) is 0 Å². The molecule has 0 spiro atoms. The van der Waals surface area contributed by atoms with Gasteiger partial charge in [0, 0.05) is 30.2 Å². The van der Waals surface area contributed by atoms with Crippen LogP contribution >= 0.6 is 27.3 Å². The lowest BCUT2D eigenvalue weighted by Gasteiger charge is -2.12. The van der Waals surface area contributed by atoms with Crippen LogP contribution in [0.5, 0.6) is 0 Å². The number of thiophene rings is 1. The van der Waals surface area contributed by atoms with Gasteiger partial charge in [0.2, 0.25) is 0 Å². The molecule has 0 N–H and O–H groups in total. The summed E-state index contributed by atoms with van der Waals surface area (Å²) in [6.07, 6.45) is 0. The van der Waals surface area contributed by atoms with Crippen molar-refractivity contribution in [1.29, 1.82) is 0 Å². The fourth-order valence-corrected chi connectivity index (χ4v) is 5.32. The molecule has 0 nitrogen and oxygen atoms in total. The maximum atomic E-state index is 3.72. The van der Waals surface area contributed by atoms with E-state index in [9.17, 15) is 0 Å². The van der Waals surface area contributed by atoms with Crippen LogP contribution < -0.4 is 0 Å². The molecule has 0 aliphatic carbocycles. The number of hydrogen-bond acceptors (Lipinski definition) is 1. The summed E-state index contributed by atoms with van der Waals surface area (Å²) < 4.78 is 3.82. The molecule has 5 aromatic rings. The molecule has 0 unspecified atom stereocenters. The Balaban J connectivity index is 1.84. The van der Waals surface area contributed by atoms with Crippen LogP contribution in [0.4, 0.5) is 0 Å². The second-order valence-electron chi connectivity index (χ2n) is 6.31. The Kier molecular flexibility index (Phi) is 3.88. The van der Waals surface area contributed by atoms with Crippen molar-refractivity contribution in [3.8, 4) is 22.3 Å². The van der Waals surface area contributed by atoms with Crippen LogP contribution in [0.15, 0.2) is 95.5 Å². The summed E-state index contributed by atoms with van der Waals surface area (Å²) >= 11 is 5.60. The van der Waals surface area contributed by atoms with Crippen LogP contribution in [-0.2, 0) is 0 Å². The minimum absolute atomic E-state index is 1.12. The monoisotopic (exact) mass is 414 g/mol. The summed E-state index contributed by atoms with van der Waals surface area (Å²) in [7, 11) is 0. The Labute approximate surface area is 164 Å². The highest BCUT2D eigenvalue weighted by Crippen LogP contribution is 2.43. The van der Waals surface area contributed by atoms with Crippen LogP contribution in [-0.4, -0.2) is 0 Å². The summed E-state index contributed by atoms with van der Waals surface area (Å²) in [4.78, 5) is 0. The van der Waals surface area contributed by atoms with E-state index in [-0.39, 0.29) is 0 Å². The highest BCUT2D eigenvalue weighted by molar-refractivity contribution is 9.10. The van der Waals surface area contributed by atoms with Gasteiger partial charge in [0.15, 0.2) is 0 Å². The first-order valence-corrected chi connectivity index (χ1v) is 10.2. The summed E-state index contributed by atoms with van der Waals surface area (Å²) in [6, 6.07) is 32.4. The molecule has 0 aliphatic rings. The van der Waals surface area contributed by atoms with Gasteiger partial charge in [-0.15, -0.1) is 11.3 Å². The number of hydrogen-bond donors (Lipinski definition) is 0. The second-order valence-corrected chi connectivity index (χ2v) is 8.21. The van der Waals surface area contributed by atoms with E-state index in [2.05, 4.69) is 107 Å². The van der Waals surface area contributed by atoms with Gasteiger partial charge in [-0.05, 0) is 28.8 Å². The molecule has 0 atom stereocenters. The zero-order valence-electron chi connectivity index (χ0n) is 13.9. The Morgan fingerprint density at radius 2 is 1.08 bits per heavy atom. The van der Waals surface area contributed by atoms with Crippen LogP contribution in [0.25, 0.3) is 42.4 Å². The van der Waals surface area contributed by atoms with Crippen LogP contribution in [0.1, 0.15) is 0 Å². The molecular formula is C24H15BrS. The minimum atomic E-state index is 1.12. The summed E-state index contributed by atoms with van der Waals surface area (Å²) in [5, 5.41) is 2.68. The number of rotatable bonds is 2. The smallest absolute Gasteiger partial charge is 0.0434 e. The molecule has 0 radical (unpaired) electrons. The van der Waals surface area contributed by atoms with Crippen molar-refractivity contribution in [2.24, 2.45) is 0 Å². The molecule has 0 saturated heterocycles. The molecule has 26 heavy (non-hydrogen) atoms. The third-order valence-corrected chi connectivity index (χ3v) is 6.70. The Bertz CT molecular complexity index is 1250. The average Bonchev–Trinajstić information content (AvgIpc) is 3.07. The molecule has 1 aromatic heterocycles. The van der Waals surface area contributed by atoms with Crippen LogP contribution in [0.3, 0.4) is 0 Å². The zero-order valence-corrected chi connectivity index (χ0v) is 16.3. The topological polar surface area (TPSA) is 0 Å². The fraction of sp³-hybridized carbons (Fsp3) is 0. The van der Waals surface area contributed by atoms with Crippen LogP contribution in [0, 0.1) is 0 Å². The Morgan fingerprint density at radius 1 is 0.500 bits per heavy atom. The van der Waals surface area contributed by atoms with Gasteiger partial charge in [-0.2, -0.15) is 0 Å². The molecule has 2 heteroatoms. The predicted octanol–water partition coefficient (Wildman–Crippen LogP) is 8.15. The molecule has 124 valence electrons. The third kappa shape index (κ3) is 2.49. The first kappa shape index (κ1) is 15.8. The molecule has 0 bridgehead atoms. The van der Waals surface area contributed by atoms with E-state index < -0.39 is 0 Å². The lowest BCUT2D eigenvalue weighted by molar-refractivity contribution is 1.58. The molecule has 5 rings (SSSR count). The second kappa shape index (κ2) is 6.39. The van der Waals surface area contributed by atoms with Gasteiger partial charge in [-0.1, -0.05) is 94.8 Å². The van der Waals surface area contributed by atoms with Gasteiger partial charge in [0.1, 0.15) is 0 Å². The summed E-state index contributed by atoms with van der Waals surface area (Å²) in [5.41, 5.74) is 5.05. The van der Waals surface area contributed by atoms with Gasteiger partial charge >= 0.3 is 0 Å². The van der Waals surface area contributed by atoms with Gasteiger partial charge in [-0.3, -0.25) is 0 Å². The molecule has 0 amide bonds. The highest BCUT2D eigenvalue weighted by atomic mass is 79.9. The third-order valence-electron chi connectivity index (χ3n) is 4.79. The first-order chi connectivity index (χ1) is 12.8. The highest BCUT2D eigenvalue weighted by Gasteiger charge is 2.14. The predicted molar refractivity (Wildman–Crippen MR) is 118 cm³/mol. The average molecular weight is 415 g/mol. The molecule has 0 fully saturated rings. The van der Waals surface area contributed by atoms with Crippen molar-refractivity contribution >= 4 is 47.4 Å². The first-order valence-electron chi connectivity index (χ1n) is 8.57. The van der Waals surface area contributed by atoms with Crippen molar-refractivity contribution in [2.45, 2.75) is 0 Å². The maximum absolute atomic E-state index is 3.72. The largest absolute Gasteiger partial charge is 0.135 e. The molecular weight excluding hydrogens is 400 g/mol. The van der Waals surface area contributed by atoms with Gasteiger partial charge in [0.25, 0.3) is 0 Å². The standard InChI is InChI=1S/C24H15BrS/c25-22-14-5-3-10-18(22)16-8-1-2-9-17(16)20-12-7-13-21-19-11-4-6-15-23(19)26-24(20)21/h1-15H. The quantitative estimate of drug-likeness (QED) is 0.273. The normalized spacial score (nSPS) is 11.3. The van der Waals surface area contributed by atoms with E-state index in [4.69, 9.17) is 0 Å².